The number of aryl methyl sites for hydroxylation is 1. The van der Waals surface area contributed by atoms with Crippen molar-refractivity contribution in [2.24, 2.45) is 5.92 Å². The molecule has 2 atom stereocenters. The van der Waals surface area contributed by atoms with Gasteiger partial charge in [0.15, 0.2) is 0 Å². The van der Waals surface area contributed by atoms with Gasteiger partial charge >= 0.3 is 0 Å². The van der Waals surface area contributed by atoms with Crippen LogP contribution >= 0.6 is 15.9 Å². The van der Waals surface area contributed by atoms with Crippen LogP contribution in [0, 0.1) is 5.92 Å². The Morgan fingerprint density at radius 3 is 2.93 bits per heavy atom. The van der Waals surface area contributed by atoms with Gasteiger partial charge in [-0.3, -0.25) is 0 Å². The Hall–Kier alpha value is -0.340. The minimum atomic E-state index is 0.523. The molecule has 0 saturated carbocycles. The summed E-state index contributed by atoms with van der Waals surface area (Å²) < 4.78 is 1.19. The quantitative estimate of drug-likeness (QED) is 0.766. The number of nitrogens with one attached hydrogen (secondary N) is 1. The first-order chi connectivity index (χ1) is 7.20. The van der Waals surface area contributed by atoms with E-state index in [4.69, 9.17) is 0 Å². The molecule has 0 radical (unpaired) electrons. The minimum absolute atomic E-state index is 0.523. The monoisotopic (exact) mass is 267 g/mol. The van der Waals surface area contributed by atoms with Gasteiger partial charge in [0.1, 0.15) is 0 Å². The minimum Gasteiger partial charge on any atom is -0.313 e. The Labute approximate surface area is 100 Å². The lowest BCUT2D eigenvalue weighted by Crippen LogP contribution is -2.18. The van der Waals surface area contributed by atoms with E-state index in [1.165, 1.54) is 34.9 Å². The van der Waals surface area contributed by atoms with Crippen molar-refractivity contribution in [2.75, 3.05) is 7.05 Å². The third kappa shape index (κ3) is 2.43. The summed E-state index contributed by atoms with van der Waals surface area (Å²) in [6, 6.07) is 7.22. The van der Waals surface area contributed by atoms with Crippen LogP contribution in [0.3, 0.4) is 0 Å². The largest absolute Gasteiger partial charge is 0.313 e. The molecular weight excluding hydrogens is 250 g/mol. The van der Waals surface area contributed by atoms with Crippen LogP contribution in [0.2, 0.25) is 0 Å². The standard InChI is InChI=1S/C13H18BrN/c1-9-3-4-10-5-6-11(14)8-12(10)13(7-9)15-2/h5-6,8-9,13,15H,3-4,7H2,1-2H3. The fourth-order valence-corrected chi connectivity index (χ4v) is 2.82. The average molecular weight is 268 g/mol. The first-order valence-electron chi connectivity index (χ1n) is 5.66. The zero-order chi connectivity index (χ0) is 10.8. The molecule has 82 valence electrons. The number of halogens is 1. The molecule has 15 heavy (non-hydrogen) atoms. The molecular formula is C13H18BrN. The summed E-state index contributed by atoms with van der Waals surface area (Å²) in [5.74, 6) is 0.814. The van der Waals surface area contributed by atoms with Crippen molar-refractivity contribution in [3.8, 4) is 0 Å². The van der Waals surface area contributed by atoms with Crippen molar-refractivity contribution in [2.45, 2.75) is 32.2 Å². The Bertz CT molecular complexity index is 348. The van der Waals surface area contributed by atoms with Crippen molar-refractivity contribution >= 4 is 15.9 Å². The summed E-state index contributed by atoms with van der Waals surface area (Å²) in [6.45, 7) is 2.35. The highest BCUT2D eigenvalue weighted by Crippen LogP contribution is 2.33. The van der Waals surface area contributed by atoms with Crippen molar-refractivity contribution in [3.05, 3.63) is 33.8 Å². The molecule has 0 aliphatic heterocycles. The Morgan fingerprint density at radius 2 is 2.20 bits per heavy atom. The van der Waals surface area contributed by atoms with E-state index in [0.717, 1.165) is 5.92 Å². The van der Waals surface area contributed by atoms with Crippen LogP contribution in [0.25, 0.3) is 0 Å². The van der Waals surface area contributed by atoms with E-state index >= 15 is 0 Å². The van der Waals surface area contributed by atoms with E-state index in [1.807, 2.05) is 0 Å². The van der Waals surface area contributed by atoms with Crippen LogP contribution in [0.15, 0.2) is 22.7 Å². The molecule has 0 heterocycles. The van der Waals surface area contributed by atoms with Gasteiger partial charge in [-0.2, -0.15) is 0 Å². The smallest absolute Gasteiger partial charge is 0.0323 e. The number of rotatable bonds is 1. The highest BCUT2D eigenvalue weighted by atomic mass is 79.9. The van der Waals surface area contributed by atoms with Crippen molar-refractivity contribution in [1.29, 1.82) is 0 Å². The summed E-state index contributed by atoms with van der Waals surface area (Å²) in [5, 5.41) is 3.44. The van der Waals surface area contributed by atoms with Gasteiger partial charge in [0, 0.05) is 10.5 Å². The fourth-order valence-electron chi connectivity index (χ4n) is 2.44. The highest BCUT2D eigenvalue weighted by molar-refractivity contribution is 9.10. The van der Waals surface area contributed by atoms with E-state index in [1.54, 1.807) is 0 Å². The molecule has 1 aromatic carbocycles. The molecule has 1 aliphatic carbocycles. The SMILES string of the molecule is CNC1CC(C)CCc2ccc(Br)cc21. The second-order valence-corrected chi connectivity index (χ2v) is 5.48. The molecule has 1 aliphatic rings. The zero-order valence-corrected chi connectivity index (χ0v) is 11.0. The van der Waals surface area contributed by atoms with Crippen LogP contribution < -0.4 is 5.32 Å². The predicted molar refractivity (Wildman–Crippen MR) is 68.0 cm³/mol. The predicted octanol–water partition coefficient (Wildman–Crippen LogP) is 3.68. The molecule has 2 unspecified atom stereocenters. The maximum absolute atomic E-state index is 3.56. The van der Waals surface area contributed by atoms with Crippen LogP contribution in [0.4, 0.5) is 0 Å². The van der Waals surface area contributed by atoms with Crippen LogP contribution in [-0.4, -0.2) is 7.05 Å². The summed E-state index contributed by atoms with van der Waals surface area (Å²) in [7, 11) is 2.06. The number of fused-ring (bicyclic) bond motifs is 1. The van der Waals surface area contributed by atoms with Crippen molar-refractivity contribution in [3.63, 3.8) is 0 Å². The first-order valence-corrected chi connectivity index (χ1v) is 6.45. The van der Waals surface area contributed by atoms with Crippen molar-refractivity contribution in [1.82, 2.24) is 5.32 Å². The summed E-state index contributed by atoms with van der Waals surface area (Å²) in [4.78, 5) is 0. The second kappa shape index (κ2) is 4.67. The average Bonchev–Trinajstić information content (AvgIpc) is 2.38. The topological polar surface area (TPSA) is 12.0 Å². The molecule has 0 aromatic heterocycles. The third-order valence-corrected chi connectivity index (χ3v) is 3.87. The normalized spacial score (nSPS) is 25.8. The molecule has 0 fully saturated rings. The second-order valence-electron chi connectivity index (χ2n) is 4.56. The molecule has 2 rings (SSSR count). The molecule has 0 spiro atoms. The van der Waals surface area contributed by atoms with Gasteiger partial charge in [-0.15, -0.1) is 0 Å². The lowest BCUT2D eigenvalue weighted by Gasteiger charge is -2.18. The molecule has 2 heteroatoms. The van der Waals surface area contributed by atoms with E-state index in [-0.39, 0.29) is 0 Å². The van der Waals surface area contributed by atoms with Gasteiger partial charge in [-0.1, -0.05) is 28.9 Å². The first kappa shape index (κ1) is 11.2. The van der Waals surface area contributed by atoms with Crippen LogP contribution in [0.5, 0.6) is 0 Å². The van der Waals surface area contributed by atoms with E-state index < -0.39 is 0 Å². The number of benzene rings is 1. The molecule has 1 N–H and O–H groups in total. The maximum atomic E-state index is 3.56. The fraction of sp³-hybridized carbons (Fsp3) is 0.538. The molecule has 0 saturated heterocycles. The summed E-state index contributed by atoms with van der Waals surface area (Å²) >= 11 is 3.56. The third-order valence-electron chi connectivity index (χ3n) is 3.38. The lowest BCUT2D eigenvalue weighted by molar-refractivity contribution is 0.428. The van der Waals surface area contributed by atoms with Gasteiger partial charge in [-0.05, 0) is 55.5 Å². The van der Waals surface area contributed by atoms with E-state index in [0.29, 0.717) is 6.04 Å². The van der Waals surface area contributed by atoms with E-state index in [9.17, 15) is 0 Å². The summed E-state index contributed by atoms with van der Waals surface area (Å²) in [5.41, 5.74) is 3.00. The van der Waals surface area contributed by atoms with Gasteiger partial charge < -0.3 is 5.32 Å². The number of hydrogen-bond acceptors (Lipinski definition) is 1. The lowest BCUT2D eigenvalue weighted by atomic mass is 9.97. The van der Waals surface area contributed by atoms with Gasteiger partial charge in [0.25, 0.3) is 0 Å². The Morgan fingerprint density at radius 1 is 1.40 bits per heavy atom. The Kier molecular flexibility index (Phi) is 3.47. The molecule has 1 nitrogen and oxygen atoms in total. The van der Waals surface area contributed by atoms with E-state index in [2.05, 4.69) is 53.4 Å². The maximum Gasteiger partial charge on any atom is 0.0323 e. The van der Waals surface area contributed by atoms with Crippen LogP contribution in [0.1, 0.15) is 36.9 Å². The number of hydrogen-bond donors (Lipinski definition) is 1. The van der Waals surface area contributed by atoms with Gasteiger partial charge in [0.2, 0.25) is 0 Å². The van der Waals surface area contributed by atoms with Gasteiger partial charge in [-0.25, -0.2) is 0 Å². The zero-order valence-electron chi connectivity index (χ0n) is 9.39. The summed E-state index contributed by atoms with van der Waals surface area (Å²) in [6.07, 6.45) is 3.79. The van der Waals surface area contributed by atoms with Crippen LogP contribution in [-0.2, 0) is 6.42 Å². The van der Waals surface area contributed by atoms with Crippen molar-refractivity contribution < 1.29 is 0 Å². The molecule has 0 bridgehead atoms. The molecule has 0 amide bonds. The highest BCUT2D eigenvalue weighted by Gasteiger charge is 2.20. The molecule has 1 aromatic rings. The van der Waals surface area contributed by atoms with Gasteiger partial charge in [0.05, 0.1) is 0 Å². The Balaban J connectivity index is 2.39.